The van der Waals surface area contributed by atoms with Gasteiger partial charge in [0.1, 0.15) is 11.5 Å². The second-order valence-electron chi connectivity index (χ2n) is 7.63. The van der Waals surface area contributed by atoms with Crippen LogP contribution in [-0.4, -0.2) is 33.9 Å². The molecule has 11 heteroatoms. The van der Waals surface area contributed by atoms with Gasteiger partial charge in [-0.2, -0.15) is 0 Å². The van der Waals surface area contributed by atoms with E-state index in [1.54, 1.807) is 42.5 Å². The number of aromatic hydroxyl groups is 1. The summed E-state index contributed by atoms with van der Waals surface area (Å²) in [5.41, 5.74) is 6.43. The van der Waals surface area contributed by atoms with E-state index < -0.39 is 35.8 Å². The van der Waals surface area contributed by atoms with Crippen molar-refractivity contribution in [3.05, 3.63) is 86.8 Å². The topological polar surface area (TPSA) is 156 Å². The zero-order valence-electron chi connectivity index (χ0n) is 18.8. The van der Waals surface area contributed by atoms with Gasteiger partial charge < -0.3 is 35.9 Å². The van der Waals surface area contributed by atoms with E-state index in [2.05, 4.69) is 10.6 Å². The molecule has 6 N–H and O–H groups in total. The molecule has 0 aliphatic carbocycles. The summed E-state index contributed by atoms with van der Waals surface area (Å²) in [6.45, 7) is 0.263. The minimum Gasteiger partial charge on any atom is -0.505 e. The van der Waals surface area contributed by atoms with Crippen LogP contribution in [-0.2, 0) is 17.9 Å². The van der Waals surface area contributed by atoms with E-state index in [0.717, 1.165) is 5.56 Å². The highest BCUT2D eigenvalue weighted by molar-refractivity contribution is 6.31. The molecule has 10 nitrogen and oxygen atoms in total. The Balaban J connectivity index is 1.85. The van der Waals surface area contributed by atoms with Crippen molar-refractivity contribution in [2.45, 2.75) is 25.6 Å². The van der Waals surface area contributed by atoms with E-state index in [0.29, 0.717) is 21.9 Å². The number of benzene rings is 2. The maximum atomic E-state index is 13.0. The fraction of sp³-hybridized carbons (Fsp3) is 0.208. The normalized spacial score (nSPS) is 11.5. The van der Waals surface area contributed by atoms with Gasteiger partial charge in [-0.3, -0.25) is 9.59 Å². The zero-order valence-corrected chi connectivity index (χ0v) is 19.6. The Kier molecular flexibility index (Phi) is 8.34. The minimum absolute atomic E-state index is 0.0196. The highest BCUT2D eigenvalue weighted by Gasteiger charge is 2.21. The second kappa shape index (κ2) is 11.4. The number of hydrogen-bond acceptors (Lipinski definition) is 6. The lowest BCUT2D eigenvalue weighted by Gasteiger charge is -2.19. The van der Waals surface area contributed by atoms with E-state index in [1.807, 2.05) is 0 Å². The molecular weight excluding hydrogens is 476 g/mol. The van der Waals surface area contributed by atoms with Gasteiger partial charge in [0.05, 0.1) is 26.1 Å². The molecule has 1 aromatic heterocycles. The van der Waals surface area contributed by atoms with E-state index in [4.69, 9.17) is 22.1 Å². The third-order valence-corrected chi connectivity index (χ3v) is 5.63. The molecular formula is C24H25ClN4O6. The smallest absolute Gasteiger partial charge is 0.319 e. The number of hydrogen-bond donors (Lipinski definition) is 5. The van der Waals surface area contributed by atoms with Gasteiger partial charge in [0, 0.05) is 23.3 Å². The summed E-state index contributed by atoms with van der Waals surface area (Å²) in [6.07, 6.45) is 0.952. The fourth-order valence-corrected chi connectivity index (χ4v) is 3.76. The van der Waals surface area contributed by atoms with Crippen LogP contribution in [0.25, 0.3) is 0 Å². The molecule has 0 aliphatic rings. The number of pyridine rings is 1. The average Bonchev–Trinajstić information content (AvgIpc) is 2.83. The molecule has 0 bridgehead atoms. The largest absolute Gasteiger partial charge is 0.505 e. The van der Waals surface area contributed by atoms with Crippen LogP contribution in [0.4, 0.5) is 10.5 Å². The van der Waals surface area contributed by atoms with Crippen molar-refractivity contribution in [2.24, 2.45) is 5.73 Å². The SMILES string of the molecule is COc1cccc(Cl)c1Cn1ccc(O)c(NC(=O)N[C@@H](CC(=O)O)c2cccc(CN)c2)c1=O. The van der Waals surface area contributed by atoms with Crippen LogP contribution in [0.3, 0.4) is 0 Å². The number of nitrogens with one attached hydrogen (secondary N) is 2. The predicted molar refractivity (Wildman–Crippen MR) is 131 cm³/mol. The number of amides is 2. The lowest BCUT2D eigenvalue weighted by molar-refractivity contribution is -0.137. The van der Waals surface area contributed by atoms with Crippen molar-refractivity contribution in [3.8, 4) is 11.5 Å². The molecule has 0 unspecified atom stereocenters. The van der Waals surface area contributed by atoms with Gasteiger partial charge in [-0.25, -0.2) is 4.79 Å². The maximum Gasteiger partial charge on any atom is 0.319 e. The van der Waals surface area contributed by atoms with E-state index >= 15 is 0 Å². The van der Waals surface area contributed by atoms with Crippen molar-refractivity contribution in [3.63, 3.8) is 0 Å². The number of nitrogens with two attached hydrogens (primary N) is 1. The second-order valence-corrected chi connectivity index (χ2v) is 8.03. The molecule has 2 amide bonds. The first kappa shape index (κ1) is 25.6. The van der Waals surface area contributed by atoms with Crippen LogP contribution >= 0.6 is 11.6 Å². The molecule has 0 radical (unpaired) electrons. The molecule has 0 saturated heterocycles. The van der Waals surface area contributed by atoms with Crippen LogP contribution in [0.15, 0.2) is 59.5 Å². The Bertz CT molecular complexity index is 1290. The first-order valence-corrected chi connectivity index (χ1v) is 10.9. The molecule has 35 heavy (non-hydrogen) atoms. The molecule has 0 spiro atoms. The van der Waals surface area contributed by atoms with E-state index in [9.17, 15) is 24.6 Å². The number of anilines is 1. The van der Waals surface area contributed by atoms with E-state index in [1.165, 1.54) is 23.9 Å². The number of carbonyl (C=O) groups is 2. The molecule has 0 fully saturated rings. The molecule has 1 atom stereocenters. The van der Waals surface area contributed by atoms with Gasteiger partial charge in [-0.05, 0) is 29.3 Å². The van der Waals surface area contributed by atoms with E-state index in [-0.39, 0.29) is 18.8 Å². The molecule has 1 heterocycles. The lowest BCUT2D eigenvalue weighted by atomic mass is 10.0. The first-order chi connectivity index (χ1) is 16.7. The summed E-state index contributed by atoms with van der Waals surface area (Å²) < 4.78 is 6.55. The number of methoxy groups -OCH3 is 1. The summed E-state index contributed by atoms with van der Waals surface area (Å²) in [5.74, 6) is -1.11. The number of aliphatic carboxylic acids is 1. The summed E-state index contributed by atoms with van der Waals surface area (Å²) >= 11 is 6.26. The van der Waals surface area contributed by atoms with Gasteiger partial charge in [0.2, 0.25) is 0 Å². The highest BCUT2D eigenvalue weighted by Crippen LogP contribution is 2.27. The van der Waals surface area contributed by atoms with Crippen molar-refractivity contribution in [1.29, 1.82) is 0 Å². The van der Waals surface area contributed by atoms with Crippen molar-refractivity contribution in [2.75, 3.05) is 12.4 Å². The van der Waals surface area contributed by atoms with Gasteiger partial charge in [-0.1, -0.05) is 41.9 Å². The van der Waals surface area contributed by atoms with Gasteiger partial charge in [0.15, 0.2) is 5.69 Å². The Morgan fingerprint density at radius 2 is 1.94 bits per heavy atom. The van der Waals surface area contributed by atoms with Gasteiger partial charge in [0.25, 0.3) is 5.56 Å². The van der Waals surface area contributed by atoms with Crippen molar-refractivity contribution >= 4 is 29.3 Å². The zero-order chi connectivity index (χ0) is 25.5. The Morgan fingerprint density at radius 1 is 1.20 bits per heavy atom. The third-order valence-electron chi connectivity index (χ3n) is 5.28. The number of carbonyl (C=O) groups excluding carboxylic acids is 1. The summed E-state index contributed by atoms with van der Waals surface area (Å²) in [6, 6.07) is 11.4. The molecule has 2 aromatic carbocycles. The average molecular weight is 501 g/mol. The molecule has 184 valence electrons. The Morgan fingerprint density at radius 3 is 2.63 bits per heavy atom. The van der Waals surface area contributed by atoms with Crippen LogP contribution < -0.4 is 26.7 Å². The number of carboxylic acid groups (broad SMARTS) is 1. The van der Waals surface area contributed by atoms with Crippen LogP contribution in [0.2, 0.25) is 5.02 Å². The molecule has 3 rings (SSSR count). The fourth-order valence-electron chi connectivity index (χ4n) is 3.53. The Hall–Kier alpha value is -4.02. The van der Waals surface area contributed by atoms with Gasteiger partial charge in [-0.15, -0.1) is 0 Å². The predicted octanol–water partition coefficient (Wildman–Crippen LogP) is 3.06. The minimum atomic E-state index is -1.13. The van der Waals surface area contributed by atoms with Crippen molar-refractivity contribution < 1.29 is 24.5 Å². The number of nitrogens with zero attached hydrogens (tertiary/aromatic N) is 1. The first-order valence-electron chi connectivity index (χ1n) is 10.6. The maximum absolute atomic E-state index is 13.0. The summed E-state index contributed by atoms with van der Waals surface area (Å²) in [5, 5.41) is 24.8. The van der Waals surface area contributed by atoms with Crippen LogP contribution in [0.5, 0.6) is 11.5 Å². The monoisotopic (exact) mass is 500 g/mol. The molecule has 3 aromatic rings. The summed E-state index contributed by atoms with van der Waals surface area (Å²) in [7, 11) is 1.48. The quantitative estimate of drug-likeness (QED) is 0.302. The lowest BCUT2D eigenvalue weighted by Crippen LogP contribution is -2.36. The highest BCUT2D eigenvalue weighted by atomic mass is 35.5. The third kappa shape index (κ3) is 6.31. The molecule has 0 saturated carbocycles. The number of aromatic nitrogens is 1. The number of halogens is 1. The van der Waals surface area contributed by atoms with Crippen LogP contribution in [0.1, 0.15) is 29.2 Å². The van der Waals surface area contributed by atoms with Gasteiger partial charge >= 0.3 is 12.0 Å². The molecule has 0 aliphatic heterocycles. The number of ether oxygens (including phenoxy) is 1. The summed E-state index contributed by atoms with van der Waals surface area (Å²) in [4.78, 5) is 37.1. The van der Waals surface area contributed by atoms with Crippen molar-refractivity contribution in [1.82, 2.24) is 9.88 Å². The number of rotatable bonds is 9. The number of carboxylic acids is 1. The standard InChI is InChI=1S/C24H25ClN4O6/c1-35-20-7-3-6-17(25)16(20)13-29-9-8-19(30)22(23(29)33)28-24(34)27-18(11-21(31)32)15-5-2-4-14(10-15)12-26/h2-10,18,30H,11-13,26H2,1H3,(H,31,32)(H2,27,28,34)/t18-/m0/s1. The Labute approximate surface area is 205 Å². The number of urea groups is 1. The van der Waals surface area contributed by atoms with Crippen LogP contribution in [0, 0.1) is 0 Å².